The van der Waals surface area contributed by atoms with Crippen LogP contribution in [0, 0.1) is 22.0 Å². The molecule has 7 heteroatoms. The number of carbonyl (C=O) groups excluding carboxylic acids is 3. The quantitative estimate of drug-likeness (QED) is 0.278. The summed E-state index contributed by atoms with van der Waals surface area (Å²) in [6.07, 6.45) is 0.822. The first kappa shape index (κ1) is 18.6. The minimum absolute atomic E-state index is 0.130. The molecule has 0 aromatic heterocycles. The molecule has 0 spiro atoms. The topological polar surface area (TPSA) is 97.6 Å². The molecule has 1 aliphatic heterocycles. The number of benzene rings is 3. The zero-order valence-electron chi connectivity index (χ0n) is 16.7. The van der Waals surface area contributed by atoms with Gasteiger partial charge in [-0.25, -0.2) is 4.90 Å². The molecule has 3 aliphatic carbocycles. The predicted octanol–water partition coefficient (Wildman–Crippen LogP) is 3.34. The van der Waals surface area contributed by atoms with E-state index in [1.54, 1.807) is 0 Å². The van der Waals surface area contributed by atoms with Gasteiger partial charge in [-0.05, 0) is 34.4 Å². The third kappa shape index (κ3) is 2.03. The molecule has 0 saturated carbocycles. The molecule has 1 fully saturated rings. The summed E-state index contributed by atoms with van der Waals surface area (Å²) in [5.74, 6) is -2.75. The zero-order valence-corrected chi connectivity index (χ0v) is 16.7. The number of nitrogens with zero attached hydrogens (tertiary/aromatic N) is 2. The molecule has 156 valence electrons. The summed E-state index contributed by atoms with van der Waals surface area (Å²) in [6, 6.07) is 20.4. The van der Waals surface area contributed by atoms with Crippen LogP contribution in [0.4, 0.5) is 11.4 Å². The molecule has 3 aromatic carbocycles. The van der Waals surface area contributed by atoms with Crippen molar-refractivity contribution in [3.63, 3.8) is 0 Å². The fourth-order valence-corrected chi connectivity index (χ4v) is 6.01. The van der Waals surface area contributed by atoms with E-state index in [1.165, 1.54) is 24.3 Å². The van der Waals surface area contributed by atoms with Gasteiger partial charge in [-0.1, -0.05) is 48.5 Å². The summed E-state index contributed by atoms with van der Waals surface area (Å²) >= 11 is 0. The van der Waals surface area contributed by atoms with E-state index in [2.05, 4.69) is 0 Å². The summed E-state index contributed by atoms with van der Waals surface area (Å²) in [5, 5.41) is 11.0. The number of hydrogen-bond donors (Lipinski definition) is 0. The number of rotatable bonds is 3. The van der Waals surface area contributed by atoms with E-state index in [-0.39, 0.29) is 23.2 Å². The molecule has 4 aliphatic rings. The van der Waals surface area contributed by atoms with Crippen molar-refractivity contribution >= 4 is 29.5 Å². The van der Waals surface area contributed by atoms with E-state index in [9.17, 15) is 24.5 Å². The smallest absolute Gasteiger partial charge is 0.269 e. The third-order valence-electron chi connectivity index (χ3n) is 7.19. The molecule has 3 aromatic rings. The second-order valence-corrected chi connectivity index (χ2v) is 8.43. The molecule has 0 N–H and O–H groups in total. The van der Waals surface area contributed by atoms with Crippen molar-refractivity contribution in [2.75, 3.05) is 4.90 Å². The summed E-state index contributed by atoms with van der Waals surface area (Å²) in [7, 11) is 0. The van der Waals surface area contributed by atoms with Gasteiger partial charge in [0.1, 0.15) is 6.29 Å². The number of carbonyl (C=O) groups is 3. The molecule has 7 rings (SSSR count). The first-order valence-electron chi connectivity index (χ1n) is 10.3. The maximum absolute atomic E-state index is 13.8. The number of anilines is 1. The maximum Gasteiger partial charge on any atom is 0.269 e. The van der Waals surface area contributed by atoms with E-state index in [0.29, 0.717) is 0 Å². The highest BCUT2D eigenvalue weighted by atomic mass is 16.6. The van der Waals surface area contributed by atoms with Crippen molar-refractivity contribution in [1.82, 2.24) is 0 Å². The van der Waals surface area contributed by atoms with E-state index in [4.69, 9.17) is 0 Å². The highest BCUT2D eigenvalue weighted by Crippen LogP contribution is 2.63. The molecule has 2 amide bonds. The minimum atomic E-state index is -1.26. The summed E-state index contributed by atoms with van der Waals surface area (Å²) in [6.45, 7) is 0. The average molecular weight is 424 g/mol. The largest absolute Gasteiger partial charge is 0.302 e. The van der Waals surface area contributed by atoms with Crippen molar-refractivity contribution in [3.8, 4) is 0 Å². The van der Waals surface area contributed by atoms with Crippen LogP contribution >= 0.6 is 0 Å². The number of amides is 2. The molecule has 2 atom stereocenters. The van der Waals surface area contributed by atoms with Gasteiger partial charge >= 0.3 is 0 Å². The van der Waals surface area contributed by atoms with Gasteiger partial charge in [0.05, 0.1) is 27.9 Å². The van der Waals surface area contributed by atoms with Gasteiger partial charge in [-0.2, -0.15) is 0 Å². The van der Waals surface area contributed by atoms with Crippen LogP contribution in [0.15, 0.2) is 72.8 Å². The van der Waals surface area contributed by atoms with E-state index >= 15 is 0 Å². The van der Waals surface area contributed by atoms with Crippen LogP contribution in [-0.4, -0.2) is 23.0 Å². The third-order valence-corrected chi connectivity index (χ3v) is 7.19. The molecule has 1 saturated heterocycles. The van der Waals surface area contributed by atoms with Crippen molar-refractivity contribution in [2.45, 2.75) is 11.3 Å². The number of nitro groups is 1. The SMILES string of the molecule is O=CC12c3ccccc3C(c3ccccc31)[C@H]1C(=O)N(c3ccc([N+](=O)[O-])cc3)C(=O)[C@@H]12. The monoisotopic (exact) mass is 424 g/mol. The fraction of sp³-hybridized carbons (Fsp3) is 0.160. The van der Waals surface area contributed by atoms with Gasteiger partial charge in [0.15, 0.2) is 0 Å². The molecule has 7 nitrogen and oxygen atoms in total. The van der Waals surface area contributed by atoms with E-state index < -0.39 is 28.1 Å². The Morgan fingerprint density at radius 3 is 1.94 bits per heavy atom. The fourth-order valence-electron chi connectivity index (χ4n) is 6.01. The van der Waals surface area contributed by atoms with Crippen LogP contribution in [-0.2, 0) is 19.8 Å². The lowest BCUT2D eigenvalue weighted by atomic mass is 9.48. The number of non-ortho nitro benzene ring substituents is 1. The van der Waals surface area contributed by atoms with Crippen LogP contribution in [0.5, 0.6) is 0 Å². The molecule has 2 bridgehead atoms. The van der Waals surface area contributed by atoms with Gasteiger partial charge < -0.3 is 4.79 Å². The van der Waals surface area contributed by atoms with Gasteiger partial charge in [-0.15, -0.1) is 0 Å². The average Bonchev–Trinajstić information content (AvgIpc) is 3.10. The second kappa shape index (κ2) is 6.20. The van der Waals surface area contributed by atoms with Crippen LogP contribution in [0.25, 0.3) is 0 Å². The first-order chi connectivity index (χ1) is 15.5. The Labute approximate surface area is 182 Å². The number of nitro benzene ring substituents is 1. The van der Waals surface area contributed by atoms with Crippen LogP contribution in [0.3, 0.4) is 0 Å². The van der Waals surface area contributed by atoms with Gasteiger partial charge in [-0.3, -0.25) is 19.7 Å². The lowest BCUT2D eigenvalue weighted by molar-refractivity contribution is -0.384. The summed E-state index contributed by atoms with van der Waals surface area (Å²) < 4.78 is 0. The second-order valence-electron chi connectivity index (χ2n) is 8.43. The van der Waals surface area contributed by atoms with Gasteiger partial charge in [0.2, 0.25) is 11.8 Å². The Kier molecular flexibility index (Phi) is 3.61. The predicted molar refractivity (Wildman–Crippen MR) is 114 cm³/mol. The molecular weight excluding hydrogens is 408 g/mol. The summed E-state index contributed by atoms with van der Waals surface area (Å²) in [5.41, 5.74) is 2.22. The standard InChI is InChI=1S/C25H16N2O5/c28-13-25-18-7-3-1-5-16(18)20(17-6-2-4-8-19(17)25)21-22(25)24(30)26(23(21)29)14-9-11-15(12-10-14)27(31)32/h1-13,20-22H/t20?,21-,22-,25?/m1/s1. The highest BCUT2D eigenvalue weighted by Gasteiger charge is 2.68. The number of imide groups is 1. The van der Waals surface area contributed by atoms with Crippen molar-refractivity contribution in [2.24, 2.45) is 11.8 Å². The van der Waals surface area contributed by atoms with Crippen molar-refractivity contribution in [1.29, 1.82) is 0 Å². The minimum Gasteiger partial charge on any atom is -0.302 e. The van der Waals surface area contributed by atoms with Crippen molar-refractivity contribution < 1.29 is 19.3 Å². The van der Waals surface area contributed by atoms with E-state index in [0.717, 1.165) is 33.4 Å². The first-order valence-corrected chi connectivity index (χ1v) is 10.3. The zero-order chi connectivity index (χ0) is 22.2. The van der Waals surface area contributed by atoms with Crippen LogP contribution < -0.4 is 4.90 Å². The van der Waals surface area contributed by atoms with Gasteiger partial charge in [0, 0.05) is 18.1 Å². The van der Waals surface area contributed by atoms with Crippen LogP contribution in [0.1, 0.15) is 28.2 Å². The van der Waals surface area contributed by atoms with Crippen LogP contribution in [0.2, 0.25) is 0 Å². The highest BCUT2D eigenvalue weighted by molar-refractivity contribution is 6.24. The molecular formula is C25H16N2O5. The molecule has 1 heterocycles. The number of hydrogen-bond acceptors (Lipinski definition) is 5. The lowest BCUT2D eigenvalue weighted by Crippen LogP contribution is -2.54. The Morgan fingerprint density at radius 1 is 0.844 bits per heavy atom. The molecule has 0 radical (unpaired) electrons. The lowest BCUT2D eigenvalue weighted by Gasteiger charge is -2.51. The van der Waals surface area contributed by atoms with Crippen molar-refractivity contribution in [3.05, 3.63) is 105 Å². The van der Waals surface area contributed by atoms with Gasteiger partial charge in [0.25, 0.3) is 5.69 Å². The Morgan fingerprint density at radius 2 is 1.41 bits per heavy atom. The molecule has 0 unspecified atom stereocenters. The Bertz CT molecular complexity index is 1300. The Balaban J connectivity index is 1.58. The number of aldehydes is 1. The van der Waals surface area contributed by atoms with E-state index in [1.807, 2.05) is 48.5 Å². The summed E-state index contributed by atoms with van der Waals surface area (Å²) in [4.78, 5) is 51.9. The molecule has 32 heavy (non-hydrogen) atoms. The maximum atomic E-state index is 13.8. The normalized spacial score (nSPS) is 27.0. The Hall–Kier alpha value is -4.13.